The second-order valence-corrected chi connectivity index (χ2v) is 4.26. The Balaban J connectivity index is 1.94. The first-order valence-corrected chi connectivity index (χ1v) is 5.65. The first-order chi connectivity index (χ1) is 8.16. The maximum atomic E-state index is 10.8. The lowest BCUT2D eigenvalue weighted by Crippen LogP contribution is -2.52. The lowest BCUT2D eigenvalue weighted by molar-refractivity contribution is 0.0704. The van der Waals surface area contributed by atoms with Gasteiger partial charge in [0.05, 0.1) is 5.69 Å². The molecule has 1 aliphatic heterocycles. The van der Waals surface area contributed by atoms with E-state index >= 15 is 0 Å². The van der Waals surface area contributed by atoms with E-state index in [2.05, 4.69) is 15.1 Å². The molecule has 2 heterocycles. The Morgan fingerprint density at radius 3 is 3.00 bits per heavy atom. The Bertz CT molecular complexity index is 384. The van der Waals surface area contributed by atoms with E-state index in [9.17, 15) is 4.79 Å². The van der Waals surface area contributed by atoms with Gasteiger partial charge in [-0.25, -0.2) is 4.79 Å². The SMILES string of the molecule is CC1CN(C(=O)O)CCN1Cc1cccnn1. The van der Waals surface area contributed by atoms with Crippen molar-refractivity contribution in [2.24, 2.45) is 0 Å². The summed E-state index contributed by atoms with van der Waals surface area (Å²) >= 11 is 0. The van der Waals surface area contributed by atoms with Crippen molar-refractivity contribution in [1.82, 2.24) is 20.0 Å². The summed E-state index contributed by atoms with van der Waals surface area (Å²) in [4.78, 5) is 14.5. The fourth-order valence-corrected chi connectivity index (χ4v) is 2.03. The van der Waals surface area contributed by atoms with Gasteiger partial charge >= 0.3 is 6.09 Å². The molecule has 0 saturated carbocycles. The number of piperazine rings is 1. The molecule has 1 saturated heterocycles. The minimum atomic E-state index is -0.837. The molecule has 0 radical (unpaired) electrons. The van der Waals surface area contributed by atoms with Crippen molar-refractivity contribution in [2.75, 3.05) is 19.6 Å². The van der Waals surface area contributed by atoms with Crippen LogP contribution in [0.4, 0.5) is 4.79 Å². The van der Waals surface area contributed by atoms with Crippen LogP contribution in [0.1, 0.15) is 12.6 Å². The van der Waals surface area contributed by atoms with E-state index < -0.39 is 6.09 Å². The minimum absolute atomic E-state index is 0.210. The van der Waals surface area contributed by atoms with Crippen LogP contribution >= 0.6 is 0 Å². The van der Waals surface area contributed by atoms with Crippen LogP contribution in [0.15, 0.2) is 18.3 Å². The molecule has 92 valence electrons. The summed E-state index contributed by atoms with van der Waals surface area (Å²) in [5.41, 5.74) is 0.920. The Kier molecular flexibility index (Phi) is 3.53. The summed E-state index contributed by atoms with van der Waals surface area (Å²) in [7, 11) is 0. The second kappa shape index (κ2) is 5.09. The summed E-state index contributed by atoms with van der Waals surface area (Å²) in [6.45, 7) is 4.60. The topological polar surface area (TPSA) is 69.6 Å². The van der Waals surface area contributed by atoms with E-state index in [0.29, 0.717) is 13.1 Å². The van der Waals surface area contributed by atoms with Crippen LogP contribution in [0, 0.1) is 0 Å². The molecular weight excluding hydrogens is 220 g/mol. The highest BCUT2D eigenvalue weighted by atomic mass is 16.4. The van der Waals surface area contributed by atoms with Gasteiger partial charge in [0.25, 0.3) is 0 Å². The van der Waals surface area contributed by atoms with Gasteiger partial charge in [-0.2, -0.15) is 10.2 Å². The highest BCUT2D eigenvalue weighted by Crippen LogP contribution is 2.12. The molecule has 2 rings (SSSR count). The van der Waals surface area contributed by atoms with Crippen LogP contribution in [0.2, 0.25) is 0 Å². The van der Waals surface area contributed by atoms with Crippen molar-refractivity contribution in [3.05, 3.63) is 24.0 Å². The summed E-state index contributed by atoms with van der Waals surface area (Å²) in [5, 5.41) is 16.8. The lowest BCUT2D eigenvalue weighted by Gasteiger charge is -2.38. The first kappa shape index (κ1) is 11.8. The zero-order valence-electron chi connectivity index (χ0n) is 9.78. The zero-order chi connectivity index (χ0) is 12.3. The Labute approximate surface area is 99.9 Å². The van der Waals surface area contributed by atoms with Gasteiger partial charge in [0, 0.05) is 38.4 Å². The molecule has 0 aliphatic carbocycles. The maximum absolute atomic E-state index is 10.8. The standard InChI is InChI=1S/C11H16N4O2/c1-9-7-15(11(16)17)6-5-14(9)8-10-3-2-4-12-13-10/h2-4,9H,5-8H2,1H3,(H,16,17). The molecule has 0 spiro atoms. The largest absolute Gasteiger partial charge is 0.465 e. The van der Waals surface area contributed by atoms with E-state index in [1.54, 1.807) is 6.20 Å². The van der Waals surface area contributed by atoms with Gasteiger partial charge in [-0.1, -0.05) is 0 Å². The molecule has 1 unspecified atom stereocenters. The average Bonchev–Trinajstić information content (AvgIpc) is 2.33. The molecule has 1 amide bonds. The van der Waals surface area contributed by atoms with Crippen molar-refractivity contribution >= 4 is 6.09 Å². The molecular formula is C11H16N4O2. The second-order valence-electron chi connectivity index (χ2n) is 4.26. The molecule has 1 aromatic heterocycles. The summed E-state index contributed by atoms with van der Waals surface area (Å²) in [5.74, 6) is 0. The molecule has 1 aromatic rings. The molecule has 1 atom stereocenters. The highest BCUT2D eigenvalue weighted by molar-refractivity contribution is 5.65. The smallest absolute Gasteiger partial charge is 0.407 e. The Morgan fingerprint density at radius 2 is 2.41 bits per heavy atom. The van der Waals surface area contributed by atoms with Crippen molar-refractivity contribution in [2.45, 2.75) is 19.5 Å². The van der Waals surface area contributed by atoms with Crippen LogP contribution in [-0.2, 0) is 6.54 Å². The third-order valence-electron chi connectivity index (χ3n) is 3.03. The van der Waals surface area contributed by atoms with E-state index in [1.807, 2.05) is 19.1 Å². The van der Waals surface area contributed by atoms with Gasteiger partial charge in [-0.05, 0) is 19.1 Å². The average molecular weight is 236 g/mol. The zero-order valence-corrected chi connectivity index (χ0v) is 9.78. The third kappa shape index (κ3) is 2.91. The molecule has 1 N–H and O–H groups in total. The van der Waals surface area contributed by atoms with Crippen LogP contribution < -0.4 is 0 Å². The van der Waals surface area contributed by atoms with Crippen molar-refractivity contribution < 1.29 is 9.90 Å². The van der Waals surface area contributed by atoms with Crippen LogP contribution in [0.5, 0.6) is 0 Å². The molecule has 17 heavy (non-hydrogen) atoms. The van der Waals surface area contributed by atoms with E-state index in [4.69, 9.17) is 5.11 Å². The molecule has 0 bridgehead atoms. The van der Waals surface area contributed by atoms with Gasteiger partial charge in [0.15, 0.2) is 0 Å². The Morgan fingerprint density at radius 1 is 1.59 bits per heavy atom. The minimum Gasteiger partial charge on any atom is -0.465 e. The molecule has 0 aromatic carbocycles. The van der Waals surface area contributed by atoms with Gasteiger partial charge in [0.1, 0.15) is 0 Å². The van der Waals surface area contributed by atoms with E-state index in [-0.39, 0.29) is 6.04 Å². The normalized spacial score (nSPS) is 21.5. The summed E-state index contributed by atoms with van der Waals surface area (Å²) < 4.78 is 0. The van der Waals surface area contributed by atoms with Crippen molar-refractivity contribution in [1.29, 1.82) is 0 Å². The maximum Gasteiger partial charge on any atom is 0.407 e. The number of carbonyl (C=O) groups is 1. The summed E-state index contributed by atoms with van der Waals surface area (Å²) in [6, 6.07) is 4.01. The van der Waals surface area contributed by atoms with Crippen molar-refractivity contribution in [3.63, 3.8) is 0 Å². The predicted octanol–water partition coefficient (Wildman–Crippen LogP) is 0.661. The predicted molar refractivity (Wildman–Crippen MR) is 61.5 cm³/mol. The molecule has 6 nitrogen and oxygen atoms in total. The van der Waals surface area contributed by atoms with Crippen LogP contribution in [0.25, 0.3) is 0 Å². The fraction of sp³-hybridized carbons (Fsp3) is 0.545. The van der Waals surface area contributed by atoms with E-state index in [0.717, 1.165) is 18.8 Å². The van der Waals surface area contributed by atoms with E-state index in [1.165, 1.54) is 4.90 Å². The highest BCUT2D eigenvalue weighted by Gasteiger charge is 2.26. The Hall–Kier alpha value is -1.69. The number of carboxylic acid groups (broad SMARTS) is 1. The van der Waals surface area contributed by atoms with Gasteiger partial charge in [-0.3, -0.25) is 4.90 Å². The number of hydrogen-bond acceptors (Lipinski definition) is 4. The number of rotatable bonds is 2. The summed E-state index contributed by atoms with van der Waals surface area (Å²) in [6.07, 6.45) is 0.811. The molecule has 1 fully saturated rings. The van der Waals surface area contributed by atoms with Gasteiger partial charge in [0.2, 0.25) is 0 Å². The quantitative estimate of drug-likeness (QED) is 0.817. The first-order valence-electron chi connectivity index (χ1n) is 5.65. The number of nitrogens with zero attached hydrogens (tertiary/aromatic N) is 4. The van der Waals surface area contributed by atoms with Crippen molar-refractivity contribution in [3.8, 4) is 0 Å². The number of aromatic nitrogens is 2. The number of amides is 1. The third-order valence-corrected chi connectivity index (χ3v) is 3.03. The van der Waals surface area contributed by atoms with Gasteiger partial charge in [-0.15, -0.1) is 0 Å². The number of hydrogen-bond donors (Lipinski definition) is 1. The monoisotopic (exact) mass is 236 g/mol. The molecule has 6 heteroatoms. The fourth-order valence-electron chi connectivity index (χ4n) is 2.03. The lowest BCUT2D eigenvalue weighted by atomic mass is 10.2. The van der Waals surface area contributed by atoms with Crippen LogP contribution in [0.3, 0.4) is 0 Å². The molecule has 1 aliphatic rings. The van der Waals surface area contributed by atoms with Crippen LogP contribution in [-0.4, -0.2) is 56.9 Å². The van der Waals surface area contributed by atoms with Gasteiger partial charge < -0.3 is 10.0 Å².